The van der Waals surface area contributed by atoms with E-state index in [4.69, 9.17) is 4.74 Å². The number of ether oxygens (including phenoxy) is 1. The Labute approximate surface area is 137 Å². The van der Waals surface area contributed by atoms with Crippen molar-refractivity contribution in [3.05, 3.63) is 48.0 Å². The Morgan fingerprint density at radius 2 is 1.87 bits per heavy atom. The summed E-state index contributed by atoms with van der Waals surface area (Å²) in [6, 6.07) is 15.6. The highest BCUT2D eigenvalue weighted by atomic mass is 16.5. The molecule has 2 aromatic carbocycles. The number of carbonyl (C=O) groups excluding carboxylic acids is 1. The molecule has 2 fully saturated rings. The second-order valence-corrected chi connectivity index (χ2v) is 7.28. The molecule has 0 N–H and O–H groups in total. The molecule has 23 heavy (non-hydrogen) atoms. The van der Waals surface area contributed by atoms with Gasteiger partial charge in [-0.3, -0.25) is 9.69 Å². The Hall–Kier alpha value is -1.87. The first-order chi connectivity index (χ1) is 11.1. The van der Waals surface area contributed by atoms with E-state index in [-0.39, 0.29) is 11.9 Å². The maximum Gasteiger partial charge on any atom is 0.308 e. The summed E-state index contributed by atoms with van der Waals surface area (Å²) < 4.78 is 4.86. The summed E-state index contributed by atoms with van der Waals surface area (Å²) in [7, 11) is 1.49. The minimum atomic E-state index is -0.0313. The third kappa shape index (κ3) is 2.34. The van der Waals surface area contributed by atoms with Crippen LogP contribution >= 0.6 is 0 Å². The van der Waals surface area contributed by atoms with Crippen LogP contribution in [-0.2, 0) is 9.53 Å². The van der Waals surface area contributed by atoms with Crippen LogP contribution < -0.4 is 0 Å². The summed E-state index contributed by atoms with van der Waals surface area (Å²) in [5, 5.41) is 2.66. The summed E-state index contributed by atoms with van der Waals surface area (Å²) in [4.78, 5) is 14.1. The van der Waals surface area contributed by atoms with E-state index in [0.29, 0.717) is 11.5 Å². The molecule has 1 aliphatic carbocycles. The van der Waals surface area contributed by atoms with E-state index >= 15 is 0 Å². The van der Waals surface area contributed by atoms with Gasteiger partial charge in [0.25, 0.3) is 0 Å². The van der Waals surface area contributed by atoms with Crippen LogP contribution in [0.15, 0.2) is 42.5 Å². The van der Waals surface area contributed by atoms with E-state index in [9.17, 15) is 4.79 Å². The molecule has 2 aromatic rings. The molecule has 1 saturated carbocycles. The van der Waals surface area contributed by atoms with Crippen LogP contribution in [0.5, 0.6) is 0 Å². The first-order valence-electron chi connectivity index (χ1n) is 8.41. The molecule has 0 aromatic heterocycles. The fraction of sp³-hybridized carbons (Fsp3) is 0.450. The first-order valence-corrected chi connectivity index (χ1v) is 8.41. The molecule has 1 spiro atoms. The topological polar surface area (TPSA) is 29.5 Å². The number of hydrogen-bond acceptors (Lipinski definition) is 3. The summed E-state index contributed by atoms with van der Waals surface area (Å²) in [5.41, 5.74) is 1.78. The van der Waals surface area contributed by atoms with Crippen molar-refractivity contribution in [2.24, 2.45) is 11.3 Å². The van der Waals surface area contributed by atoms with Gasteiger partial charge in [0.2, 0.25) is 0 Å². The summed E-state index contributed by atoms with van der Waals surface area (Å²) >= 11 is 0. The van der Waals surface area contributed by atoms with Crippen molar-refractivity contribution in [3.8, 4) is 0 Å². The lowest BCUT2D eigenvalue weighted by Crippen LogP contribution is -2.63. The van der Waals surface area contributed by atoms with E-state index in [1.165, 1.54) is 23.4 Å². The molecule has 1 atom stereocenters. The van der Waals surface area contributed by atoms with Gasteiger partial charge in [-0.15, -0.1) is 0 Å². The zero-order valence-electron chi connectivity index (χ0n) is 13.8. The van der Waals surface area contributed by atoms with Gasteiger partial charge in [-0.1, -0.05) is 42.5 Å². The van der Waals surface area contributed by atoms with Crippen LogP contribution in [0.4, 0.5) is 0 Å². The van der Waals surface area contributed by atoms with Crippen LogP contribution in [0.3, 0.4) is 0 Å². The molecule has 0 radical (unpaired) electrons. The molecule has 3 heteroatoms. The van der Waals surface area contributed by atoms with Gasteiger partial charge >= 0.3 is 5.97 Å². The van der Waals surface area contributed by atoms with Crippen molar-refractivity contribution < 1.29 is 9.53 Å². The molecule has 2 aliphatic rings. The SMILES string of the molecule is COC(=O)C1CC2(C1)CN([C@H](C)c1cccc3ccccc13)C2. The van der Waals surface area contributed by atoms with E-state index in [0.717, 1.165) is 25.9 Å². The number of fused-ring (bicyclic) bond motifs is 1. The predicted octanol–water partition coefficient (Wildman–Crippen LogP) is 3.79. The van der Waals surface area contributed by atoms with Crippen LogP contribution in [0, 0.1) is 11.3 Å². The van der Waals surface area contributed by atoms with Crippen molar-refractivity contribution in [2.75, 3.05) is 20.2 Å². The van der Waals surface area contributed by atoms with Crippen molar-refractivity contribution >= 4 is 16.7 Å². The predicted molar refractivity (Wildman–Crippen MR) is 91.1 cm³/mol. The summed E-state index contributed by atoms with van der Waals surface area (Å²) in [6.07, 6.45) is 2.00. The molecule has 4 rings (SSSR count). The number of rotatable bonds is 3. The van der Waals surface area contributed by atoms with Gasteiger partial charge in [-0.2, -0.15) is 0 Å². The Morgan fingerprint density at radius 1 is 1.17 bits per heavy atom. The average molecular weight is 309 g/mol. The van der Waals surface area contributed by atoms with Crippen molar-refractivity contribution in [2.45, 2.75) is 25.8 Å². The molecule has 0 amide bonds. The van der Waals surface area contributed by atoms with E-state index in [2.05, 4.69) is 54.3 Å². The zero-order chi connectivity index (χ0) is 16.0. The molecular weight excluding hydrogens is 286 g/mol. The highest BCUT2D eigenvalue weighted by molar-refractivity contribution is 5.86. The first kappa shape index (κ1) is 14.7. The smallest absolute Gasteiger partial charge is 0.308 e. The van der Waals surface area contributed by atoms with Crippen LogP contribution in [0.25, 0.3) is 10.8 Å². The van der Waals surface area contributed by atoms with Crippen molar-refractivity contribution in [1.82, 2.24) is 4.90 Å². The summed E-state index contributed by atoms with van der Waals surface area (Å²) in [6.45, 7) is 4.50. The van der Waals surface area contributed by atoms with Gasteiger partial charge < -0.3 is 4.74 Å². The third-order valence-corrected chi connectivity index (χ3v) is 5.79. The highest BCUT2D eigenvalue weighted by Gasteiger charge is 2.55. The molecule has 3 nitrogen and oxygen atoms in total. The fourth-order valence-electron chi connectivity index (χ4n) is 4.48. The summed E-state index contributed by atoms with van der Waals surface area (Å²) in [5.74, 6) is 0.103. The van der Waals surface area contributed by atoms with Gasteiger partial charge in [0.05, 0.1) is 13.0 Å². The van der Waals surface area contributed by atoms with Crippen molar-refractivity contribution in [1.29, 1.82) is 0 Å². The minimum Gasteiger partial charge on any atom is -0.469 e. The van der Waals surface area contributed by atoms with E-state index in [1.807, 2.05) is 0 Å². The Kier molecular flexibility index (Phi) is 3.42. The normalized spacial score (nSPS) is 21.7. The van der Waals surface area contributed by atoms with Crippen LogP contribution in [0.2, 0.25) is 0 Å². The van der Waals surface area contributed by atoms with Crippen molar-refractivity contribution in [3.63, 3.8) is 0 Å². The molecule has 120 valence electrons. The molecular formula is C20H23NO2. The third-order valence-electron chi connectivity index (χ3n) is 5.79. The van der Waals surface area contributed by atoms with Gasteiger partial charge in [-0.05, 0) is 41.5 Å². The van der Waals surface area contributed by atoms with Gasteiger partial charge in [-0.25, -0.2) is 0 Å². The molecule has 1 aliphatic heterocycles. The largest absolute Gasteiger partial charge is 0.469 e. The Morgan fingerprint density at radius 3 is 2.61 bits per heavy atom. The van der Waals surface area contributed by atoms with E-state index in [1.54, 1.807) is 0 Å². The maximum atomic E-state index is 11.6. The fourth-order valence-corrected chi connectivity index (χ4v) is 4.48. The van der Waals surface area contributed by atoms with Crippen LogP contribution in [0.1, 0.15) is 31.4 Å². The van der Waals surface area contributed by atoms with Crippen LogP contribution in [-0.4, -0.2) is 31.1 Å². The standard InChI is InChI=1S/C20H23NO2/c1-14(17-9-5-7-15-6-3-4-8-18(15)17)21-12-20(13-21)10-16(11-20)19(22)23-2/h3-9,14,16H,10-13H2,1-2H3/t14-/m1/s1. The Balaban J connectivity index is 1.46. The molecule has 0 bridgehead atoms. The molecule has 1 heterocycles. The lowest BCUT2D eigenvalue weighted by Gasteiger charge is -2.60. The Bertz CT molecular complexity index is 735. The van der Waals surface area contributed by atoms with E-state index < -0.39 is 0 Å². The number of likely N-dealkylation sites (tertiary alicyclic amines) is 1. The monoisotopic (exact) mass is 309 g/mol. The lowest BCUT2D eigenvalue weighted by molar-refractivity contribution is -0.166. The average Bonchev–Trinajstić information content (AvgIpc) is 2.51. The molecule has 1 saturated heterocycles. The van der Waals surface area contributed by atoms with Gasteiger partial charge in [0, 0.05) is 19.1 Å². The van der Waals surface area contributed by atoms with Gasteiger partial charge in [0.1, 0.15) is 0 Å². The minimum absolute atomic E-state index is 0.0313. The number of nitrogens with zero attached hydrogens (tertiary/aromatic N) is 1. The number of esters is 1. The number of methoxy groups -OCH3 is 1. The maximum absolute atomic E-state index is 11.6. The highest BCUT2D eigenvalue weighted by Crippen LogP contribution is 2.54. The lowest BCUT2D eigenvalue weighted by atomic mass is 9.57. The second-order valence-electron chi connectivity index (χ2n) is 7.28. The number of hydrogen-bond donors (Lipinski definition) is 0. The molecule has 0 unspecified atom stereocenters. The quantitative estimate of drug-likeness (QED) is 0.808. The number of benzene rings is 2. The second kappa shape index (κ2) is 5.34. The zero-order valence-corrected chi connectivity index (χ0v) is 13.8. The van der Waals surface area contributed by atoms with Gasteiger partial charge in [0.15, 0.2) is 0 Å². The number of carbonyl (C=O) groups is 1.